The predicted octanol–water partition coefficient (Wildman–Crippen LogP) is 2.29. The molecule has 2 aromatic carbocycles. The average molecular weight is 348 g/mol. The van der Waals surface area contributed by atoms with Crippen molar-refractivity contribution in [2.24, 2.45) is 0 Å². The summed E-state index contributed by atoms with van der Waals surface area (Å²) in [5, 5.41) is 16.3. The van der Waals surface area contributed by atoms with Crippen LogP contribution in [0.4, 0.5) is 5.69 Å². The van der Waals surface area contributed by atoms with Crippen molar-refractivity contribution in [2.75, 3.05) is 6.54 Å². The molecule has 8 heteroatoms. The zero-order valence-corrected chi connectivity index (χ0v) is 13.2. The van der Waals surface area contributed by atoms with Gasteiger partial charge in [-0.1, -0.05) is 29.8 Å². The molecule has 0 saturated carbocycles. The van der Waals surface area contributed by atoms with Crippen LogP contribution in [0.1, 0.15) is 15.9 Å². The number of amides is 2. The molecule has 24 heavy (non-hydrogen) atoms. The molecule has 0 aliphatic heterocycles. The Kier molecular flexibility index (Phi) is 5.86. The highest BCUT2D eigenvalue weighted by molar-refractivity contribution is 6.30. The first-order valence-corrected chi connectivity index (χ1v) is 7.37. The van der Waals surface area contributed by atoms with Gasteiger partial charge in [-0.05, 0) is 23.8 Å². The van der Waals surface area contributed by atoms with E-state index in [4.69, 9.17) is 11.6 Å². The van der Waals surface area contributed by atoms with Crippen molar-refractivity contribution in [2.45, 2.75) is 6.54 Å². The second kappa shape index (κ2) is 8.07. The highest BCUT2D eigenvalue weighted by Gasteiger charge is 2.12. The zero-order chi connectivity index (χ0) is 17.5. The summed E-state index contributed by atoms with van der Waals surface area (Å²) in [6, 6.07) is 12.3. The highest BCUT2D eigenvalue weighted by atomic mass is 35.5. The Morgan fingerprint density at radius 2 is 1.83 bits per heavy atom. The van der Waals surface area contributed by atoms with Gasteiger partial charge in [0.05, 0.1) is 11.5 Å². The minimum absolute atomic E-state index is 0.117. The lowest BCUT2D eigenvalue weighted by molar-refractivity contribution is -0.384. The molecular weight excluding hydrogens is 334 g/mol. The molecule has 2 aromatic rings. The zero-order valence-electron chi connectivity index (χ0n) is 12.5. The summed E-state index contributed by atoms with van der Waals surface area (Å²) in [6.45, 7) is 0.0498. The molecule has 2 amide bonds. The van der Waals surface area contributed by atoms with Crippen molar-refractivity contribution in [3.63, 3.8) is 0 Å². The third-order valence-corrected chi connectivity index (χ3v) is 3.34. The fourth-order valence-electron chi connectivity index (χ4n) is 1.93. The van der Waals surface area contributed by atoms with Gasteiger partial charge in [0.1, 0.15) is 0 Å². The Morgan fingerprint density at radius 1 is 1.08 bits per heavy atom. The molecule has 0 spiro atoms. The van der Waals surface area contributed by atoms with Crippen LogP contribution in [0.5, 0.6) is 0 Å². The molecule has 2 N–H and O–H groups in total. The highest BCUT2D eigenvalue weighted by Crippen LogP contribution is 2.13. The van der Waals surface area contributed by atoms with E-state index < -0.39 is 10.8 Å². The first-order valence-electron chi connectivity index (χ1n) is 6.99. The monoisotopic (exact) mass is 347 g/mol. The average Bonchev–Trinajstić information content (AvgIpc) is 2.58. The number of nitrogens with zero attached hydrogens (tertiary/aromatic N) is 1. The number of rotatable bonds is 6. The first kappa shape index (κ1) is 17.4. The fraction of sp³-hybridized carbons (Fsp3) is 0.125. The molecule has 0 radical (unpaired) electrons. The maximum Gasteiger partial charge on any atom is 0.270 e. The van der Waals surface area contributed by atoms with Crippen LogP contribution in [-0.2, 0) is 11.3 Å². The van der Waals surface area contributed by atoms with Crippen LogP contribution in [0.2, 0.25) is 5.02 Å². The number of carbonyl (C=O) groups excluding carboxylic acids is 2. The predicted molar refractivity (Wildman–Crippen MR) is 88.7 cm³/mol. The fourth-order valence-corrected chi connectivity index (χ4v) is 2.15. The van der Waals surface area contributed by atoms with Gasteiger partial charge < -0.3 is 10.6 Å². The van der Waals surface area contributed by atoms with E-state index in [1.54, 1.807) is 18.2 Å². The van der Waals surface area contributed by atoms with Crippen molar-refractivity contribution in [1.82, 2.24) is 10.6 Å². The Labute approximate surface area is 142 Å². The summed E-state index contributed by atoms with van der Waals surface area (Å²) in [6.07, 6.45) is 0. The smallest absolute Gasteiger partial charge is 0.270 e. The molecule has 0 aliphatic rings. The molecule has 0 atom stereocenters. The van der Waals surface area contributed by atoms with Crippen molar-refractivity contribution >= 4 is 29.1 Å². The lowest BCUT2D eigenvalue weighted by Crippen LogP contribution is -2.36. The van der Waals surface area contributed by atoms with Crippen molar-refractivity contribution in [3.05, 3.63) is 74.8 Å². The maximum absolute atomic E-state index is 11.9. The lowest BCUT2D eigenvalue weighted by Gasteiger charge is -2.07. The van der Waals surface area contributed by atoms with Crippen LogP contribution in [0.25, 0.3) is 0 Å². The van der Waals surface area contributed by atoms with Gasteiger partial charge in [0, 0.05) is 29.3 Å². The molecule has 0 aliphatic carbocycles. The molecule has 2 rings (SSSR count). The third-order valence-electron chi connectivity index (χ3n) is 3.11. The third kappa shape index (κ3) is 5.06. The van der Waals surface area contributed by atoms with E-state index in [2.05, 4.69) is 10.6 Å². The molecule has 0 unspecified atom stereocenters. The molecule has 0 aromatic heterocycles. The number of halogens is 1. The molecule has 124 valence electrons. The number of nitro benzene ring substituents is 1. The minimum Gasteiger partial charge on any atom is -0.350 e. The van der Waals surface area contributed by atoms with E-state index in [9.17, 15) is 19.7 Å². The number of nitrogens with one attached hydrogen (secondary N) is 2. The van der Waals surface area contributed by atoms with Crippen molar-refractivity contribution in [3.8, 4) is 0 Å². The Hall–Kier alpha value is -2.93. The number of hydrogen-bond donors (Lipinski definition) is 2. The molecular formula is C16H14ClN3O4. The summed E-state index contributed by atoms with van der Waals surface area (Å²) in [5.41, 5.74) is 0.765. The van der Waals surface area contributed by atoms with E-state index in [1.165, 1.54) is 18.2 Å². The van der Waals surface area contributed by atoms with E-state index in [0.717, 1.165) is 11.6 Å². The normalized spacial score (nSPS) is 10.0. The summed E-state index contributed by atoms with van der Waals surface area (Å²) in [4.78, 5) is 33.8. The SMILES string of the molecule is O=C(CNC(=O)c1cccc([N+](=O)[O-])c1)NCc1cccc(Cl)c1. The van der Waals surface area contributed by atoms with E-state index >= 15 is 0 Å². The van der Waals surface area contributed by atoms with Gasteiger partial charge in [0.15, 0.2) is 0 Å². The first-order chi connectivity index (χ1) is 11.5. The quantitative estimate of drug-likeness (QED) is 0.618. The summed E-state index contributed by atoms with van der Waals surface area (Å²) in [5.74, 6) is -0.939. The van der Waals surface area contributed by atoms with Crippen LogP contribution >= 0.6 is 11.6 Å². The van der Waals surface area contributed by atoms with Crippen LogP contribution in [0.3, 0.4) is 0 Å². The number of nitro groups is 1. The summed E-state index contributed by atoms with van der Waals surface area (Å²) in [7, 11) is 0. The minimum atomic E-state index is -0.589. The van der Waals surface area contributed by atoms with Crippen molar-refractivity contribution < 1.29 is 14.5 Å². The van der Waals surface area contributed by atoms with Crippen LogP contribution in [-0.4, -0.2) is 23.3 Å². The molecule has 0 heterocycles. The van der Waals surface area contributed by atoms with Gasteiger partial charge >= 0.3 is 0 Å². The van der Waals surface area contributed by atoms with Gasteiger partial charge in [-0.25, -0.2) is 0 Å². The lowest BCUT2D eigenvalue weighted by atomic mass is 10.2. The van der Waals surface area contributed by atoms with E-state index in [1.807, 2.05) is 6.07 Å². The molecule has 7 nitrogen and oxygen atoms in total. The van der Waals surface area contributed by atoms with Gasteiger partial charge in [0.2, 0.25) is 5.91 Å². The Bertz CT molecular complexity index is 779. The summed E-state index contributed by atoms with van der Waals surface area (Å²) >= 11 is 5.85. The van der Waals surface area contributed by atoms with Gasteiger partial charge in [-0.15, -0.1) is 0 Å². The second-order valence-corrected chi connectivity index (χ2v) is 5.33. The van der Waals surface area contributed by atoms with E-state index in [-0.39, 0.29) is 30.2 Å². The van der Waals surface area contributed by atoms with E-state index in [0.29, 0.717) is 5.02 Å². The van der Waals surface area contributed by atoms with Crippen LogP contribution in [0.15, 0.2) is 48.5 Å². The van der Waals surface area contributed by atoms with Gasteiger partial charge in [-0.3, -0.25) is 19.7 Å². The Morgan fingerprint density at radius 3 is 2.54 bits per heavy atom. The maximum atomic E-state index is 11.9. The van der Waals surface area contributed by atoms with Gasteiger partial charge in [0.25, 0.3) is 11.6 Å². The summed E-state index contributed by atoms with van der Waals surface area (Å²) < 4.78 is 0. The number of non-ortho nitro benzene ring substituents is 1. The second-order valence-electron chi connectivity index (χ2n) is 4.90. The molecule has 0 fully saturated rings. The number of hydrogen-bond acceptors (Lipinski definition) is 4. The largest absolute Gasteiger partial charge is 0.350 e. The Balaban J connectivity index is 1.84. The van der Waals surface area contributed by atoms with Crippen molar-refractivity contribution in [1.29, 1.82) is 0 Å². The number of benzene rings is 2. The number of carbonyl (C=O) groups is 2. The van der Waals surface area contributed by atoms with Crippen LogP contribution < -0.4 is 10.6 Å². The molecule has 0 saturated heterocycles. The topological polar surface area (TPSA) is 101 Å². The standard InChI is InChI=1S/C16H14ClN3O4/c17-13-5-1-3-11(7-13)9-18-15(21)10-19-16(22)12-4-2-6-14(8-12)20(23)24/h1-8H,9-10H2,(H,18,21)(H,19,22). The van der Waals surface area contributed by atoms with Crippen LogP contribution in [0, 0.1) is 10.1 Å². The molecule has 0 bridgehead atoms. The van der Waals surface area contributed by atoms with Gasteiger partial charge in [-0.2, -0.15) is 0 Å².